The first-order valence-electron chi connectivity index (χ1n) is 11.8. The molecule has 34 heavy (non-hydrogen) atoms. The SMILES string of the molecule is CC(C)CN(c1nc(C#N)ncc1Cl)N(CCCN1CCN(C)CC1)C(=O)Cc1ccccc1. The van der Waals surface area contributed by atoms with Crippen molar-refractivity contribution >= 4 is 23.3 Å². The first-order chi connectivity index (χ1) is 16.4. The molecular formula is C25H34ClN7O. The number of nitrogens with zero attached hydrogens (tertiary/aromatic N) is 7. The van der Waals surface area contributed by atoms with E-state index in [4.69, 9.17) is 11.6 Å². The molecule has 8 nitrogen and oxygen atoms in total. The Hall–Kier alpha value is -2.73. The van der Waals surface area contributed by atoms with E-state index in [0.717, 1.165) is 44.7 Å². The first kappa shape index (κ1) is 25.9. The van der Waals surface area contributed by atoms with E-state index < -0.39 is 0 Å². The number of hydrazine groups is 1. The molecule has 1 fully saturated rings. The fourth-order valence-electron chi connectivity index (χ4n) is 4.00. The van der Waals surface area contributed by atoms with E-state index in [0.29, 0.717) is 23.9 Å². The molecule has 0 bridgehead atoms. The number of rotatable bonds is 10. The van der Waals surface area contributed by atoms with Crippen LogP contribution in [0.1, 0.15) is 31.7 Å². The van der Waals surface area contributed by atoms with Crippen molar-refractivity contribution in [2.24, 2.45) is 5.92 Å². The molecule has 1 aliphatic heterocycles. The van der Waals surface area contributed by atoms with Gasteiger partial charge in [0, 0.05) is 45.8 Å². The van der Waals surface area contributed by atoms with E-state index in [9.17, 15) is 10.1 Å². The number of likely N-dealkylation sites (N-methyl/N-ethyl adjacent to an activating group) is 1. The maximum atomic E-state index is 13.6. The zero-order valence-electron chi connectivity index (χ0n) is 20.3. The molecule has 0 radical (unpaired) electrons. The standard InChI is InChI=1S/C25H34ClN7O/c1-20(2)19-33(25-22(26)18-28-23(17-27)29-25)32(24(34)16-21-8-5-4-6-9-21)11-7-10-31-14-12-30(3)13-15-31/h4-6,8-9,18,20H,7,10-16,19H2,1-3H3. The van der Waals surface area contributed by atoms with Gasteiger partial charge in [-0.3, -0.25) is 14.8 Å². The normalized spacial score (nSPS) is 14.7. The topological polar surface area (TPSA) is 79.6 Å². The summed E-state index contributed by atoms with van der Waals surface area (Å²) < 4.78 is 0. The quantitative estimate of drug-likeness (QED) is 0.480. The van der Waals surface area contributed by atoms with Crippen LogP contribution in [-0.2, 0) is 11.2 Å². The Labute approximate surface area is 207 Å². The van der Waals surface area contributed by atoms with Crippen molar-refractivity contribution in [3.63, 3.8) is 0 Å². The van der Waals surface area contributed by atoms with Gasteiger partial charge in [0.1, 0.15) is 11.1 Å². The lowest BCUT2D eigenvalue weighted by Gasteiger charge is -2.38. The average Bonchev–Trinajstić information content (AvgIpc) is 2.82. The van der Waals surface area contributed by atoms with Gasteiger partial charge in [0.25, 0.3) is 0 Å². The van der Waals surface area contributed by atoms with Crippen LogP contribution in [-0.4, -0.2) is 83.5 Å². The minimum atomic E-state index is -0.0292. The van der Waals surface area contributed by atoms with Gasteiger partial charge in [0.05, 0.1) is 12.6 Å². The summed E-state index contributed by atoms with van der Waals surface area (Å²) in [6.45, 7) is 10.3. The Morgan fingerprint density at radius 1 is 1.21 bits per heavy atom. The van der Waals surface area contributed by atoms with Crippen LogP contribution in [0.25, 0.3) is 0 Å². The molecule has 0 saturated carbocycles. The third-order valence-electron chi connectivity index (χ3n) is 5.83. The van der Waals surface area contributed by atoms with E-state index >= 15 is 0 Å². The van der Waals surface area contributed by atoms with Crippen LogP contribution in [0, 0.1) is 17.2 Å². The first-order valence-corrected chi connectivity index (χ1v) is 12.2. The Kier molecular flexibility index (Phi) is 9.63. The van der Waals surface area contributed by atoms with E-state index in [1.807, 2.05) is 41.4 Å². The summed E-state index contributed by atoms with van der Waals surface area (Å²) in [6.07, 6.45) is 2.53. The molecule has 182 valence electrons. The van der Waals surface area contributed by atoms with Gasteiger partial charge >= 0.3 is 0 Å². The third kappa shape index (κ3) is 7.39. The highest BCUT2D eigenvalue weighted by Gasteiger charge is 2.26. The predicted molar refractivity (Wildman–Crippen MR) is 134 cm³/mol. The molecular weight excluding hydrogens is 450 g/mol. The fourth-order valence-corrected chi connectivity index (χ4v) is 4.18. The molecule has 0 N–H and O–H groups in total. The average molecular weight is 484 g/mol. The van der Waals surface area contributed by atoms with E-state index in [1.54, 1.807) is 5.01 Å². The van der Waals surface area contributed by atoms with Crippen LogP contribution in [0.15, 0.2) is 36.5 Å². The highest BCUT2D eigenvalue weighted by atomic mass is 35.5. The largest absolute Gasteiger partial charge is 0.304 e. The van der Waals surface area contributed by atoms with Gasteiger partial charge in [-0.25, -0.2) is 4.98 Å². The van der Waals surface area contributed by atoms with Gasteiger partial charge in [0.15, 0.2) is 5.82 Å². The van der Waals surface area contributed by atoms with Crippen molar-refractivity contribution in [2.75, 3.05) is 57.9 Å². The fraction of sp³-hybridized carbons (Fsp3) is 0.520. The maximum Gasteiger partial charge on any atom is 0.245 e. The number of benzene rings is 1. The number of nitriles is 1. The van der Waals surface area contributed by atoms with Crippen molar-refractivity contribution in [3.05, 3.63) is 52.9 Å². The van der Waals surface area contributed by atoms with Crippen LogP contribution in [0.4, 0.5) is 5.82 Å². The number of amides is 1. The molecule has 2 heterocycles. The van der Waals surface area contributed by atoms with E-state index in [1.165, 1.54) is 6.20 Å². The van der Waals surface area contributed by atoms with Crippen LogP contribution in [0.5, 0.6) is 0 Å². The van der Waals surface area contributed by atoms with E-state index in [-0.39, 0.29) is 24.1 Å². The second-order valence-corrected chi connectivity index (χ2v) is 9.54. The Morgan fingerprint density at radius 3 is 2.56 bits per heavy atom. The van der Waals surface area contributed by atoms with Gasteiger partial charge in [0.2, 0.25) is 11.7 Å². The number of anilines is 1. The van der Waals surface area contributed by atoms with Crippen molar-refractivity contribution in [3.8, 4) is 6.07 Å². The number of carbonyl (C=O) groups is 1. The monoisotopic (exact) mass is 483 g/mol. The molecule has 0 spiro atoms. The van der Waals surface area contributed by atoms with Crippen molar-refractivity contribution in [2.45, 2.75) is 26.7 Å². The highest BCUT2D eigenvalue weighted by Crippen LogP contribution is 2.26. The lowest BCUT2D eigenvalue weighted by atomic mass is 10.1. The molecule has 1 aromatic heterocycles. The molecule has 1 amide bonds. The molecule has 0 unspecified atom stereocenters. The molecule has 2 aromatic rings. The number of hydrogen-bond acceptors (Lipinski definition) is 7. The second-order valence-electron chi connectivity index (χ2n) is 9.13. The summed E-state index contributed by atoms with van der Waals surface area (Å²) >= 11 is 6.48. The van der Waals surface area contributed by atoms with Crippen LogP contribution >= 0.6 is 11.6 Å². The number of halogens is 1. The maximum absolute atomic E-state index is 13.6. The summed E-state index contributed by atoms with van der Waals surface area (Å²) in [7, 11) is 2.14. The van der Waals surface area contributed by atoms with Crippen molar-refractivity contribution < 1.29 is 4.79 Å². The number of piperazine rings is 1. The zero-order chi connectivity index (χ0) is 24.5. The summed E-state index contributed by atoms with van der Waals surface area (Å²) in [5.74, 6) is 0.628. The number of hydrogen-bond donors (Lipinski definition) is 0. The molecule has 0 aliphatic carbocycles. The van der Waals surface area contributed by atoms with Crippen LogP contribution < -0.4 is 5.01 Å². The molecule has 1 aromatic carbocycles. The summed E-state index contributed by atoms with van der Waals surface area (Å²) in [4.78, 5) is 26.7. The predicted octanol–water partition coefficient (Wildman–Crippen LogP) is 3.09. The van der Waals surface area contributed by atoms with Gasteiger partial charge in [-0.1, -0.05) is 55.8 Å². The van der Waals surface area contributed by atoms with Gasteiger partial charge in [-0.2, -0.15) is 10.2 Å². The lowest BCUT2D eigenvalue weighted by Crippen LogP contribution is -2.51. The van der Waals surface area contributed by atoms with Crippen LogP contribution in [0.2, 0.25) is 5.02 Å². The molecule has 0 atom stereocenters. The van der Waals surface area contributed by atoms with Gasteiger partial charge < -0.3 is 9.80 Å². The minimum Gasteiger partial charge on any atom is -0.304 e. The number of carbonyl (C=O) groups excluding carboxylic acids is 1. The smallest absolute Gasteiger partial charge is 0.245 e. The third-order valence-corrected chi connectivity index (χ3v) is 6.09. The molecule has 3 rings (SSSR count). The van der Waals surface area contributed by atoms with Gasteiger partial charge in [-0.15, -0.1) is 0 Å². The zero-order valence-corrected chi connectivity index (χ0v) is 21.1. The Bertz CT molecular complexity index is 971. The molecule has 1 aliphatic rings. The van der Waals surface area contributed by atoms with Crippen LogP contribution in [0.3, 0.4) is 0 Å². The van der Waals surface area contributed by atoms with Crippen molar-refractivity contribution in [1.29, 1.82) is 5.26 Å². The Morgan fingerprint density at radius 2 is 1.91 bits per heavy atom. The number of aromatic nitrogens is 2. The molecule has 9 heteroatoms. The summed E-state index contributed by atoms with van der Waals surface area (Å²) in [5.41, 5.74) is 0.951. The summed E-state index contributed by atoms with van der Waals surface area (Å²) in [5, 5.41) is 13.3. The van der Waals surface area contributed by atoms with Crippen molar-refractivity contribution in [1.82, 2.24) is 24.8 Å². The molecule has 1 saturated heterocycles. The lowest BCUT2D eigenvalue weighted by molar-refractivity contribution is -0.131. The van der Waals surface area contributed by atoms with Gasteiger partial charge in [-0.05, 0) is 24.9 Å². The Balaban J connectivity index is 1.85. The summed E-state index contributed by atoms with van der Waals surface area (Å²) in [6, 6.07) is 11.7. The van der Waals surface area contributed by atoms with E-state index in [2.05, 4.69) is 40.7 Å². The second kappa shape index (κ2) is 12.7. The highest BCUT2D eigenvalue weighted by molar-refractivity contribution is 6.32. The minimum absolute atomic E-state index is 0.0288.